The van der Waals surface area contributed by atoms with E-state index in [1.165, 1.54) is 17.5 Å². The molecule has 1 saturated heterocycles. The quantitative estimate of drug-likeness (QED) is 0.556. The SMILES string of the molecule is COc1ccc(OC)c(CN[C@@H]2CCCN[C@@H]2C(c2ccccc2)c2ccccc2)c1. The Hall–Kier alpha value is -2.82. The summed E-state index contributed by atoms with van der Waals surface area (Å²) in [6.45, 7) is 1.78. The molecule has 4 heteroatoms. The molecule has 0 saturated carbocycles. The van der Waals surface area contributed by atoms with Crippen LogP contribution >= 0.6 is 0 Å². The van der Waals surface area contributed by atoms with Crippen LogP contribution in [-0.4, -0.2) is 32.8 Å². The highest BCUT2D eigenvalue weighted by Crippen LogP contribution is 2.32. The van der Waals surface area contributed by atoms with E-state index < -0.39 is 0 Å². The molecule has 1 aliphatic heterocycles. The molecule has 3 aromatic rings. The van der Waals surface area contributed by atoms with E-state index in [-0.39, 0.29) is 5.92 Å². The van der Waals surface area contributed by atoms with E-state index in [1.54, 1.807) is 14.2 Å². The summed E-state index contributed by atoms with van der Waals surface area (Å²) in [4.78, 5) is 0. The fourth-order valence-corrected chi connectivity index (χ4v) is 4.68. The summed E-state index contributed by atoms with van der Waals surface area (Å²) < 4.78 is 11.0. The average molecular weight is 417 g/mol. The van der Waals surface area contributed by atoms with Gasteiger partial charge in [0.25, 0.3) is 0 Å². The van der Waals surface area contributed by atoms with E-state index in [0.717, 1.165) is 36.6 Å². The van der Waals surface area contributed by atoms with Crippen LogP contribution in [0.1, 0.15) is 35.4 Å². The molecule has 1 heterocycles. The monoisotopic (exact) mass is 416 g/mol. The number of benzene rings is 3. The van der Waals surface area contributed by atoms with E-state index in [4.69, 9.17) is 9.47 Å². The molecule has 4 rings (SSSR count). The molecule has 0 radical (unpaired) electrons. The van der Waals surface area contributed by atoms with Crippen molar-refractivity contribution in [2.45, 2.75) is 37.4 Å². The summed E-state index contributed by atoms with van der Waals surface area (Å²) in [6, 6.07) is 28.3. The van der Waals surface area contributed by atoms with E-state index >= 15 is 0 Å². The maximum absolute atomic E-state index is 5.59. The Morgan fingerprint density at radius 3 is 2.19 bits per heavy atom. The summed E-state index contributed by atoms with van der Waals surface area (Å²) in [5.41, 5.74) is 3.81. The van der Waals surface area contributed by atoms with Gasteiger partial charge in [-0.25, -0.2) is 0 Å². The topological polar surface area (TPSA) is 42.5 Å². The van der Waals surface area contributed by atoms with Crippen LogP contribution in [0.15, 0.2) is 78.9 Å². The lowest BCUT2D eigenvalue weighted by Crippen LogP contribution is -2.54. The highest BCUT2D eigenvalue weighted by Gasteiger charge is 2.33. The summed E-state index contributed by atoms with van der Waals surface area (Å²) in [6.07, 6.45) is 2.31. The summed E-state index contributed by atoms with van der Waals surface area (Å²) in [7, 11) is 3.42. The predicted molar refractivity (Wildman–Crippen MR) is 126 cm³/mol. The first-order valence-corrected chi connectivity index (χ1v) is 11.1. The zero-order chi connectivity index (χ0) is 21.5. The molecule has 3 aromatic carbocycles. The summed E-state index contributed by atoms with van der Waals surface area (Å²) in [5, 5.41) is 7.67. The molecule has 1 aliphatic rings. The van der Waals surface area contributed by atoms with Crippen LogP contribution in [-0.2, 0) is 6.54 Å². The van der Waals surface area contributed by atoms with Crippen molar-refractivity contribution in [2.24, 2.45) is 0 Å². The maximum Gasteiger partial charge on any atom is 0.123 e. The third-order valence-corrected chi connectivity index (χ3v) is 6.22. The van der Waals surface area contributed by atoms with Gasteiger partial charge in [0.05, 0.1) is 14.2 Å². The Bertz CT molecular complexity index is 906. The first-order valence-electron chi connectivity index (χ1n) is 11.1. The van der Waals surface area contributed by atoms with Crippen molar-refractivity contribution in [3.8, 4) is 11.5 Å². The summed E-state index contributed by atoms with van der Waals surface area (Å²) >= 11 is 0. The first-order chi connectivity index (χ1) is 15.3. The zero-order valence-corrected chi connectivity index (χ0v) is 18.4. The molecular formula is C27H32N2O2. The molecule has 0 bridgehead atoms. The number of piperidine rings is 1. The van der Waals surface area contributed by atoms with Crippen molar-refractivity contribution in [3.05, 3.63) is 95.6 Å². The minimum atomic E-state index is 0.285. The number of hydrogen-bond donors (Lipinski definition) is 2. The maximum atomic E-state index is 5.59. The Morgan fingerprint density at radius 2 is 1.58 bits per heavy atom. The van der Waals surface area contributed by atoms with Gasteiger partial charge in [-0.2, -0.15) is 0 Å². The van der Waals surface area contributed by atoms with Crippen molar-refractivity contribution in [1.29, 1.82) is 0 Å². The van der Waals surface area contributed by atoms with Crippen molar-refractivity contribution in [2.75, 3.05) is 20.8 Å². The Morgan fingerprint density at radius 1 is 0.903 bits per heavy atom. The Kier molecular flexibility index (Phi) is 7.23. The largest absolute Gasteiger partial charge is 0.497 e. The van der Waals surface area contributed by atoms with E-state index in [1.807, 2.05) is 12.1 Å². The van der Waals surface area contributed by atoms with Crippen LogP contribution in [0.5, 0.6) is 11.5 Å². The van der Waals surface area contributed by atoms with Gasteiger partial charge in [0, 0.05) is 30.1 Å². The van der Waals surface area contributed by atoms with Crippen molar-refractivity contribution in [1.82, 2.24) is 10.6 Å². The minimum absolute atomic E-state index is 0.285. The normalized spacial score (nSPS) is 18.7. The number of nitrogens with one attached hydrogen (secondary N) is 2. The van der Waals surface area contributed by atoms with Gasteiger partial charge in [0.15, 0.2) is 0 Å². The zero-order valence-electron chi connectivity index (χ0n) is 18.4. The number of hydrogen-bond acceptors (Lipinski definition) is 4. The molecular weight excluding hydrogens is 384 g/mol. The molecule has 0 aliphatic carbocycles. The molecule has 2 N–H and O–H groups in total. The van der Waals surface area contributed by atoms with E-state index in [2.05, 4.69) is 77.4 Å². The van der Waals surface area contributed by atoms with E-state index in [9.17, 15) is 0 Å². The lowest BCUT2D eigenvalue weighted by molar-refractivity contribution is 0.278. The fourth-order valence-electron chi connectivity index (χ4n) is 4.68. The van der Waals surface area contributed by atoms with Gasteiger partial charge in [0.2, 0.25) is 0 Å². The van der Waals surface area contributed by atoms with Crippen molar-refractivity contribution in [3.63, 3.8) is 0 Å². The molecule has 0 unspecified atom stereocenters. The molecule has 2 atom stereocenters. The van der Waals surface area contributed by atoms with Gasteiger partial charge in [-0.15, -0.1) is 0 Å². The van der Waals surface area contributed by atoms with Gasteiger partial charge in [-0.05, 0) is 48.7 Å². The lowest BCUT2D eigenvalue weighted by Gasteiger charge is -2.39. The molecule has 4 nitrogen and oxygen atoms in total. The highest BCUT2D eigenvalue weighted by molar-refractivity contribution is 5.40. The third-order valence-electron chi connectivity index (χ3n) is 6.22. The third kappa shape index (κ3) is 5.09. The molecule has 31 heavy (non-hydrogen) atoms. The van der Waals surface area contributed by atoms with Crippen molar-refractivity contribution < 1.29 is 9.47 Å². The van der Waals surface area contributed by atoms with Crippen LogP contribution in [0, 0.1) is 0 Å². The predicted octanol–water partition coefficient (Wildman–Crippen LogP) is 4.75. The van der Waals surface area contributed by atoms with Gasteiger partial charge < -0.3 is 20.1 Å². The molecule has 1 fully saturated rings. The minimum Gasteiger partial charge on any atom is -0.497 e. The summed E-state index contributed by atoms with van der Waals surface area (Å²) in [5.74, 6) is 2.02. The second kappa shape index (κ2) is 10.5. The second-order valence-corrected chi connectivity index (χ2v) is 8.09. The number of methoxy groups -OCH3 is 2. The van der Waals surface area contributed by atoms with Crippen molar-refractivity contribution >= 4 is 0 Å². The van der Waals surface area contributed by atoms with Gasteiger partial charge in [0.1, 0.15) is 11.5 Å². The van der Waals surface area contributed by atoms with Crippen LogP contribution in [0.2, 0.25) is 0 Å². The highest BCUT2D eigenvalue weighted by atomic mass is 16.5. The molecule has 162 valence electrons. The number of rotatable bonds is 8. The average Bonchev–Trinajstić information content (AvgIpc) is 2.85. The molecule has 0 amide bonds. The van der Waals surface area contributed by atoms with Gasteiger partial charge in [-0.1, -0.05) is 60.7 Å². The molecule has 0 aromatic heterocycles. The van der Waals surface area contributed by atoms with Crippen LogP contribution in [0.4, 0.5) is 0 Å². The van der Waals surface area contributed by atoms with Gasteiger partial charge in [-0.3, -0.25) is 0 Å². The lowest BCUT2D eigenvalue weighted by atomic mass is 9.79. The van der Waals surface area contributed by atoms with E-state index in [0.29, 0.717) is 12.1 Å². The van der Waals surface area contributed by atoms with Crippen LogP contribution in [0.3, 0.4) is 0 Å². The van der Waals surface area contributed by atoms with Crippen LogP contribution < -0.4 is 20.1 Å². The van der Waals surface area contributed by atoms with Gasteiger partial charge >= 0.3 is 0 Å². The first kappa shape index (κ1) is 21.4. The second-order valence-electron chi connectivity index (χ2n) is 8.09. The molecule has 0 spiro atoms. The smallest absolute Gasteiger partial charge is 0.123 e. The standard InChI is InChI=1S/C27H32N2O2/c1-30-23-15-16-25(31-2)22(18-23)19-29-24-14-9-17-28-27(24)26(20-10-5-3-6-11-20)21-12-7-4-8-13-21/h3-8,10-13,15-16,18,24,26-29H,9,14,17,19H2,1-2H3/t24-,27+/m1/s1. The van der Waals surface area contributed by atoms with Crippen LogP contribution in [0.25, 0.3) is 0 Å². The Labute approximate surface area is 185 Å². The fraction of sp³-hybridized carbons (Fsp3) is 0.333. The number of ether oxygens (including phenoxy) is 2. The Balaban J connectivity index is 1.60.